The fraction of sp³-hybridized carbons (Fsp3) is 0.333. The molecule has 2 aromatic rings. The van der Waals surface area contributed by atoms with E-state index in [2.05, 4.69) is 14.7 Å². The van der Waals surface area contributed by atoms with Crippen molar-refractivity contribution in [2.24, 2.45) is 5.92 Å². The summed E-state index contributed by atoms with van der Waals surface area (Å²) in [6.45, 7) is 1.75. The Labute approximate surface area is 116 Å². The number of aromatic nitrogens is 2. The van der Waals surface area contributed by atoms with E-state index in [0.29, 0.717) is 11.0 Å². The Morgan fingerprint density at radius 3 is 3.00 bits per heavy atom. The number of nitrogens with zero attached hydrogens (tertiary/aromatic N) is 1. The highest BCUT2D eigenvalue weighted by Gasteiger charge is 2.20. The largest absolute Gasteiger partial charge is 0.481 e. The number of carboxylic acids is 1. The number of sulfonamides is 1. The van der Waals surface area contributed by atoms with Gasteiger partial charge in [0.05, 0.1) is 0 Å². The molecule has 0 aliphatic heterocycles. The zero-order valence-corrected chi connectivity index (χ0v) is 11.6. The Bertz CT molecular complexity index is 723. The minimum absolute atomic E-state index is 0.0710. The van der Waals surface area contributed by atoms with Crippen molar-refractivity contribution >= 4 is 27.0 Å². The minimum Gasteiger partial charge on any atom is -0.481 e. The SMILES string of the molecule is CC(CNS(=O)(=O)c1c[nH]c2ncccc12)CC(=O)O. The number of H-pyrrole nitrogens is 1. The molecule has 1 unspecified atom stereocenters. The molecule has 1 atom stereocenters. The molecule has 0 aliphatic rings. The van der Waals surface area contributed by atoms with Crippen LogP contribution in [0.1, 0.15) is 13.3 Å². The van der Waals surface area contributed by atoms with Gasteiger partial charge in [0.25, 0.3) is 0 Å². The minimum atomic E-state index is -3.69. The Morgan fingerprint density at radius 1 is 1.55 bits per heavy atom. The third kappa shape index (κ3) is 3.14. The van der Waals surface area contributed by atoms with Crippen molar-refractivity contribution in [3.8, 4) is 0 Å². The number of carbonyl (C=O) groups is 1. The summed E-state index contributed by atoms with van der Waals surface area (Å²) in [5, 5.41) is 9.15. The highest BCUT2D eigenvalue weighted by atomic mass is 32.2. The lowest BCUT2D eigenvalue weighted by atomic mass is 10.1. The molecule has 8 heteroatoms. The third-order valence-corrected chi connectivity index (χ3v) is 4.31. The fourth-order valence-corrected chi connectivity index (χ4v) is 3.18. The number of rotatable bonds is 6. The Hall–Kier alpha value is -1.93. The summed E-state index contributed by atoms with van der Waals surface area (Å²) in [6, 6.07) is 3.32. The van der Waals surface area contributed by atoms with Crippen LogP contribution in [0.5, 0.6) is 0 Å². The molecule has 0 radical (unpaired) electrons. The van der Waals surface area contributed by atoms with E-state index in [9.17, 15) is 13.2 Å². The first kappa shape index (κ1) is 14.5. The number of hydrogen-bond donors (Lipinski definition) is 3. The van der Waals surface area contributed by atoms with Gasteiger partial charge in [-0.25, -0.2) is 18.1 Å². The van der Waals surface area contributed by atoms with Gasteiger partial charge in [-0.05, 0) is 18.1 Å². The highest BCUT2D eigenvalue weighted by molar-refractivity contribution is 7.89. The molecule has 0 aliphatic carbocycles. The summed E-state index contributed by atoms with van der Waals surface area (Å²) < 4.78 is 26.8. The number of aliphatic carboxylic acids is 1. The molecular weight excluding hydrogens is 282 g/mol. The molecule has 3 N–H and O–H groups in total. The van der Waals surface area contributed by atoms with Crippen molar-refractivity contribution in [2.75, 3.05) is 6.54 Å². The zero-order valence-electron chi connectivity index (χ0n) is 10.8. The first-order valence-electron chi connectivity index (χ1n) is 6.03. The van der Waals surface area contributed by atoms with Gasteiger partial charge >= 0.3 is 5.97 Å². The molecular formula is C12H15N3O4S. The molecule has 2 aromatic heterocycles. The van der Waals surface area contributed by atoms with Gasteiger partial charge in [0.2, 0.25) is 10.0 Å². The number of fused-ring (bicyclic) bond motifs is 1. The summed E-state index contributed by atoms with van der Waals surface area (Å²) in [4.78, 5) is 17.5. The van der Waals surface area contributed by atoms with Crippen molar-refractivity contribution < 1.29 is 18.3 Å². The number of aromatic amines is 1. The number of hydrogen-bond acceptors (Lipinski definition) is 4. The van der Waals surface area contributed by atoms with Crippen molar-refractivity contribution in [1.29, 1.82) is 0 Å². The number of nitrogens with one attached hydrogen (secondary N) is 2. The van der Waals surface area contributed by atoms with E-state index in [1.807, 2.05) is 0 Å². The van der Waals surface area contributed by atoms with Gasteiger partial charge in [0, 0.05) is 30.7 Å². The summed E-state index contributed by atoms with van der Waals surface area (Å²) >= 11 is 0. The molecule has 0 aromatic carbocycles. The van der Waals surface area contributed by atoms with Crippen LogP contribution in [0.2, 0.25) is 0 Å². The second-order valence-electron chi connectivity index (χ2n) is 4.61. The molecule has 20 heavy (non-hydrogen) atoms. The van der Waals surface area contributed by atoms with E-state index in [1.54, 1.807) is 25.3 Å². The van der Waals surface area contributed by atoms with E-state index in [1.165, 1.54) is 6.20 Å². The molecule has 2 rings (SSSR count). The summed E-state index contributed by atoms with van der Waals surface area (Å²) in [5.74, 6) is -1.24. The van der Waals surface area contributed by atoms with E-state index in [0.717, 1.165) is 0 Å². The molecule has 0 spiro atoms. The molecule has 0 fully saturated rings. The standard InChI is InChI=1S/C12H15N3O4S/c1-8(5-11(16)17)6-15-20(18,19)10-7-14-12-9(10)3-2-4-13-12/h2-4,7-8,15H,5-6H2,1H3,(H,13,14)(H,16,17). The van der Waals surface area contributed by atoms with Crippen molar-refractivity contribution in [1.82, 2.24) is 14.7 Å². The van der Waals surface area contributed by atoms with Crippen molar-refractivity contribution in [3.63, 3.8) is 0 Å². The van der Waals surface area contributed by atoms with Gasteiger partial charge < -0.3 is 10.1 Å². The second kappa shape index (κ2) is 5.59. The maximum atomic E-state index is 12.2. The Morgan fingerprint density at radius 2 is 2.30 bits per heavy atom. The van der Waals surface area contributed by atoms with Gasteiger partial charge in [0.1, 0.15) is 10.5 Å². The zero-order chi connectivity index (χ0) is 14.8. The third-order valence-electron chi connectivity index (χ3n) is 2.85. The predicted molar refractivity (Wildman–Crippen MR) is 72.7 cm³/mol. The molecule has 7 nitrogen and oxygen atoms in total. The van der Waals surface area contributed by atoms with Crippen LogP contribution in [0.4, 0.5) is 0 Å². The summed E-state index contributed by atoms with van der Waals surface area (Å²) in [5.41, 5.74) is 0.492. The monoisotopic (exact) mass is 297 g/mol. The lowest BCUT2D eigenvalue weighted by Gasteiger charge is -2.10. The predicted octanol–water partition coefficient (Wildman–Crippen LogP) is 0.952. The number of pyridine rings is 1. The maximum absolute atomic E-state index is 12.2. The first-order valence-corrected chi connectivity index (χ1v) is 7.52. The molecule has 2 heterocycles. The van der Waals surface area contributed by atoms with Crippen molar-refractivity contribution in [3.05, 3.63) is 24.5 Å². The smallest absolute Gasteiger partial charge is 0.303 e. The van der Waals surface area contributed by atoms with Crippen LogP contribution in [0.25, 0.3) is 11.0 Å². The maximum Gasteiger partial charge on any atom is 0.303 e. The Balaban J connectivity index is 2.16. The molecule has 0 saturated heterocycles. The van der Waals surface area contributed by atoms with Crippen LogP contribution in [0.3, 0.4) is 0 Å². The van der Waals surface area contributed by atoms with Crippen molar-refractivity contribution in [2.45, 2.75) is 18.2 Å². The topological polar surface area (TPSA) is 112 Å². The highest BCUT2D eigenvalue weighted by Crippen LogP contribution is 2.20. The van der Waals surface area contributed by atoms with Gasteiger partial charge in [-0.2, -0.15) is 0 Å². The van der Waals surface area contributed by atoms with Crippen LogP contribution in [-0.2, 0) is 14.8 Å². The second-order valence-corrected chi connectivity index (χ2v) is 6.34. The van der Waals surface area contributed by atoms with Gasteiger partial charge in [-0.1, -0.05) is 6.92 Å². The van der Waals surface area contributed by atoms with Crippen LogP contribution in [0.15, 0.2) is 29.4 Å². The van der Waals surface area contributed by atoms with Gasteiger partial charge in [-0.3, -0.25) is 4.79 Å². The van der Waals surface area contributed by atoms with E-state index in [-0.39, 0.29) is 23.8 Å². The molecule has 0 bridgehead atoms. The van der Waals surface area contributed by atoms with Crippen LogP contribution in [0, 0.1) is 5.92 Å². The number of carboxylic acid groups (broad SMARTS) is 1. The van der Waals surface area contributed by atoms with E-state index < -0.39 is 16.0 Å². The van der Waals surface area contributed by atoms with E-state index in [4.69, 9.17) is 5.11 Å². The first-order chi connectivity index (χ1) is 9.40. The average molecular weight is 297 g/mol. The molecule has 0 amide bonds. The normalized spacial score (nSPS) is 13.4. The summed E-state index contributed by atoms with van der Waals surface area (Å²) in [6.07, 6.45) is 2.86. The van der Waals surface area contributed by atoms with Gasteiger partial charge in [-0.15, -0.1) is 0 Å². The fourth-order valence-electron chi connectivity index (χ4n) is 1.85. The van der Waals surface area contributed by atoms with E-state index >= 15 is 0 Å². The van der Waals surface area contributed by atoms with Crippen LogP contribution < -0.4 is 4.72 Å². The lowest BCUT2D eigenvalue weighted by Crippen LogP contribution is -2.29. The lowest BCUT2D eigenvalue weighted by molar-refractivity contribution is -0.137. The van der Waals surface area contributed by atoms with Gasteiger partial charge in [0.15, 0.2) is 0 Å². The molecule has 0 saturated carbocycles. The molecule has 108 valence electrons. The summed E-state index contributed by atoms with van der Waals surface area (Å²) in [7, 11) is -3.69. The van der Waals surface area contributed by atoms with Crippen LogP contribution in [-0.4, -0.2) is 36.0 Å². The quantitative estimate of drug-likeness (QED) is 0.735. The Kier molecular flexibility index (Phi) is 4.05. The van der Waals surface area contributed by atoms with Crippen LogP contribution >= 0.6 is 0 Å². The average Bonchev–Trinajstić information content (AvgIpc) is 2.80.